The Hall–Kier alpha value is -4.16. The van der Waals surface area contributed by atoms with Crippen LogP contribution in [0.5, 0.6) is 11.5 Å². The van der Waals surface area contributed by atoms with Gasteiger partial charge in [0.2, 0.25) is 5.75 Å². The Morgan fingerprint density at radius 2 is 1.46 bits per heavy atom. The van der Waals surface area contributed by atoms with Crippen LogP contribution in [0.15, 0.2) is 54.6 Å². The summed E-state index contributed by atoms with van der Waals surface area (Å²) in [6, 6.07) is 19.6. The molecule has 0 N–H and O–H groups in total. The standard InChI is InChI=1S/C22H15N3O3/c1-14-3-5-16(6-4-14)17-7-8-21(15(2)9-17)28-22-11-19(13-24)18(12-23)10-20(22)25(26)27/h3-11H,1-2H3. The maximum absolute atomic E-state index is 11.4. The lowest BCUT2D eigenvalue weighted by molar-refractivity contribution is -0.385. The van der Waals surface area contributed by atoms with Crippen LogP contribution in [0.25, 0.3) is 11.1 Å². The van der Waals surface area contributed by atoms with Crippen molar-refractivity contribution in [3.05, 3.63) is 87.0 Å². The maximum atomic E-state index is 11.4. The van der Waals surface area contributed by atoms with Crippen LogP contribution in [-0.4, -0.2) is 4.92 Å². The normalized spacial score (nSPS) is 10.0. The Balaban J connectivity index is 2.00. The smallest absolute Gasteiger partial charge is 0.312 e. The molecule has 0 fully saturated rings. The lowest BCUT2D eigenvalue weighted by atomic mass is 10.0. The molecule has 3 rings (SSSR count). The van der Waals surface area contributed by atoms with Crippen molar-refractivity contribution in [3.63, 3.8) is 0 Å². The van der Waals surface area contributed by atoms with Crippen LogP contribution in [0.3, 0.4) is 0 Å². The molecule has 0 amide bonds. The second-order valence-corrected chi connectivity index (χ2v) is 6.29. The van der Waals surface area contributed by atoms with Gasteiger partial charge in [0.1, 0.15) is 17.9 Å². The zero-order chi connectivity index (χ0) is 20.3. The molecule has 28 heavy (non-hydrogen) atoms. The molecular weight excluding hydrogens is 354 g/mol. The van der Waals surface area contributed by atoms with Crippen LogP contribution in [-0.2, 0) is 0 Å². The Kier molecular flexibility index (Phi) is 5.06. The van der Waals surface area contributed by atoms with Crippen molar-refractivity contribution >= 4 is 5.69 Å². The number of nitro groups is 1. The lowest BCUT2D eigenvalue weighted by Gasteiger charge is -2.12. The number of nitro benzene ring substituents is 1. The maximum Gasteiger partial charge on any atom is 0.312 e. The SMILES string of the molecule is Cc1ccc(-c2ccc(Oc3cc(C#N)c(C#N)cc3[N+](=O)[O-])c(C)c2)cc1. The predicted octanol–water partition coefficient (Wildman–Crippen LogP) is 5.41. The van der Waals surface area contributed by atoms with Gasteiger partial charge in [-0.2, -0.15) is 10.5 Å². The molecule has 0 heterocycles. The molecule has 6 heteroatoms. The van der Waals surface area contributed by atoms with E-state index in [4.69, 9.17) is 10.00 Å². The van der Waals surface area contributed by atoms with E-state index in [9.17, 15) is 15.4 Å². The Labute approximate surface area is 162 Å². The number of hydrogen-bond donors (Lipinski definition) is 0. The van der Waals surface area contributed by atoms with Crippen molar-refractivity contribution in [3.8, 4) is 34.8 Å². The summed E-state index contributed by atoms with van der Waals surface area (Å²) < 4.78 is 5.75. The molecule has 0 radical (unpaired) electrons. The molecule has 136 valence electrons. The van der Waals surface area contributed by atoms with Crippen molar-refractivity contribution in [1.82, 2.24) is 0 Å². The van der Waals surface area contributed by atoms with Crippen molar-refractivity contribution in [2.75, 3.05) is 0 Å². The van der Waals surface area contributed by atoms with Crippen LogP contribution in [0.4, 0.5) is 5.69 Å². The summed E-state index contributed by atoms with van der Waals surface area (Å²) in [5.74, 6) is 0.360. The highest BCUT2D eigenvalue weighted by atomic mass is 16.6. The fourth-order valence-electron chi connectivity index (χ4n) is 2.79. The van der Waals surface area contributed by atoms with E-state index in [2.05, 4.69) is 0 Å². The molecule has 0 atom stereocenters. The molecule has 0 aliphatic heterocycles. The molecule has 0 saturated heterocycles. The van der Waals surface area contributed by atoms with Crippen molar-refractivity contribution in [2.45, 2.75) is 13.8 Å². The molecular formula is C22H15N3O3. The number of rotatable bonds is 4. The van der Waals surface area contributed by atoms with Gasteiger partial charge >= 0.3 is 5.69 Å². The van der Waals surface area contributed by atoms with E-state index in [-0.39, 0.29) is 22.6 Å². The van der Waals surface area contributed by atoms with Gasteiger partial charge in [0.05, 0.1) is 16.1 Å². The third-order valence-electron chi connectivity index (χ3n) is 4.32. The van der Waals surface area contributed by atoms with E-state index >= 15 is 0 Å². The molecule has 3 aromatic carbocycles. The Morgan fingerprint density at radius 1 is 0.857 bits per heavy atom. The van der Waals surface area contributed by atoms with Gasteiger partial charge in [0.25, 0.3) is 0 Å². The van der Waals surface area contributed by atoms with Crippen molar-refractivity contribution in [1.29, 1.82) is 10.5 Å². The first-order chi connectivity index (χ1) is 13.4. The molecule has 0 saturated carbocycles. The van der Waals surface area contributed by atoms with E-state index in [1.165, 1.54) is 11.6 Å². The summed E-state index contributed by atoms with van der Waals surface area (Å²) in [6.07, 6.45) is 0. The average Bonchev–Trinajstić information content (AvgIpc) is 2.69. The van der Waals surface area contributed by atoms with Gasteiger partial charge < -0.3 is 4.74 Å². The molecule has 0 aliphatic carbocycles. The fourth-order valence-corrected chi connectivity index (χ4v) is 2.79. The minimum Gasteiger partial charge on any atom is -0.450 e. The van der Waals surface area contributed by atoms with Crippen LogP contribution in [0, 0.1) is 46.6 Å². The number of nitriles is 2. The highest BCUT2D eigenvalue weighted by molar-refractivity contribution is 5.66. The first kappa shape index (κ1) is 18.6. The minimum atomic E-state index is -0.632. The van der Waals surface area contributed by atoms with Crippen LogP contribution in [0.2, 0.25) is 0 Å². The first-order valence-corrected chi connectivity index (χ1v) is 8.41. The van der Waals surface area contributed by atoms with Crippen LogP contribution < -0.4 is 4.74 Å². The van der Waals surface area contributed by atoms with Crippen LogP contribution >= 0.6 is 0 Å². The van der Waals surface area contributed by atoms with Gasteiger partial charge in [-0.1, -0.05) is 35.9 Å². The Morgan fingerprint density at radius 3 is 2.04 bits per heavy atom. The summed E-state index contributed by atoms with van der Waals surface area (Å²) in [4.78, 5) is 10.7. The molecule has 0 aliphatic rings. The van der Waals surface area contributed by atoms with Gasteiger partial charge in [-0.3, -0.25) is 10.1 Å². The third-order valence-corrected chi connectivity index (χ3v) is 4.32. The number of benzene rings is 3. The van der Waals surface area contributed by atoms with E-state index in [1.54, 1.807) is 12.1 Å². The summed E-state index contributed by atoms with van der Waals surface area (Å²) in [5.41, 5.74) is 3.60. The summed E-state index contributed by atoms with van der Waals surface area (Å²) in [7, 11) is 0. The zero-order valence-electron chi connectivity index (χ0n) is 15.3. The van der Waals surface area contributed by atoms with E-state index in [1.807, 2.05) is 56.3 Å². The van der Waals surface area contributed by atoms with E-state index < -0.39 is 4.92 Å². The van der Waals surface area contributed by atoms with E-state index in [0.29, 0.717) is 5.75 Å². The minimum absolute atomic E-state index is 0.0250. The molecule has 0 bridgehead atoms. The second kappa shape index (κ2) is 7.61. The molecule has 3 aromatic rings. The lowest BCUT2D eigenvalue weighted by Crippen LogP contribution is -1.97. The van der Waals surface area contributed by atoms with Crippen LogP contribution in [0.1, 0.15) is 22.3 Å². The largest absolute Gasteiger partial charge is 0.450 e. The second-order valence-electron chi connectivity index (χ2n) is 6.29. The summed E-state index contributed by atoms with van der Waals surface area (Å²) >= 11 is 0. The topological polar surface area (TPSA) is 99.9 Å². The molecule has 0 spiro atoms. The van der Waals surface area contributed by atoms with Gasteiger partial charge in [-0.15, -0.1) is 0 Å². The highest BCUT2D eigenvalue weighted by Gasteiger charge is 2.21. The predicted molar refractivity (Wildman–Crippen MR) is 104 cm³/mol. The Bertz CT molecular complexity index is 1150. The zero-order valence-corrected chi connectivity index (χ0v) is 15.3. The average molecular weight is 369 g/mol. The first-order valence-electron chi connectivity index (χ1n) is 8.41. The summed E-state index contributed by atoms with van der Waals surface area (Å²) in [5, 5.41) is 29.6. The number of nitrogens with zero attached hydrogens (tertiary/aromatic N) is 3. The monoisotopic (exact) mass is 369 g/mol. The number of ether oxygens (including phenoxy) is 1. The van der Waals surface area contributed by atoms with Gasteiger partial charge in [0.15, 0.2) is 0 Å². The molecule has 6 nitrogen and oxygen atoms in total. The van der Waals surface area contributed by atoms with Gasteiger partial charge in [0, 0.05) is 12.1 Å². The number of aryl methyl sites for hydroxylation is 2. The van der Waals surface area contributed by atoms with E-state index in [0.717, 1.165) is 22.8 Å². The van der Waals surface area contributed by atoms with Gasteiger partial charge in [-0.25, -0.2) is 0 Å². The van der Waals surface area contributed by atoms with Crippen molar-refractivity contribution in [2.24, 2.45) is 0 Å². The number of hydrogen-bond acceptors (Lipinski definition) is 5. The highest BCUT2D eigenvalue weighted by Crippen LogP contribution is 2.36. The third kappa shape index (κ3) is 3.67. The fraction of sp³-hybridized carbons (Fsp3) is 0.0909. The quantitative estimate of drug-likeness (QED) is 0.452. The van der Waals surface area contributed by atoms with Gasteiger partial charge in [-0.05, 0) is 42.7 Å². The molecule has 0 aromatic heterocycles. The van der Waals surface area contributed by atoms with Crippen molar-refractivity contribution < 1.29 is 9.66 Å². The summed E-state index contributed by atoms with van der Waals surface area (Å²) in [6.45, 7) is 3.86. The molecule has 0 unspecified atom stereocenters.